The van der Waals surface area contributed by atoms with Gasteiger partial charge in [0.05, 0.1) is 4.90 Å². The Balaban J connectivity index is 1.73. The average molecular weight is 344 g/mol. The van der Waals surface area contributed by atoms with E-state index in [1.54, 1.807) is 6.07 Å². The Morgan fingerprint density at radius 3 is 2.38 bits per heavy atom. The second-order valence-corrected chi connectivity index (χ2v) is 6.88. The molecule has 0 spiro atoms. The van der Waals surface area contributed by atoms with E-state index in [-0.39, 0.29) is 10.6 Å². The Morgan fingerprint density at radius 1 is 1.08 bits per heavy atom. The topological polar surface area (TPSA) is 120 Å². The van der Waals surface area contributed by atoms with E-state index in [1.165, 1.54) is 47.7 Å². The van der Waals surface area contributed by atoms with Crippen LogP contribution in [-0.2, 0) is 9.84 Å². The van der Waals surface area contributed by atoms with Crippen molar-refractivity contribution in [1.82, 2.24) is 25.0 Å². The summed E-state index contributed by atoms with van der Waals surface area (Å²) < 4.78 is 24.2. The predicted molar refractivity (Wildman–Crippen MR) is 84.5 cm³/mol. The summed E-state index contributed by atoms with van der Waals surface area (Å²) in [5.74, 6) is -0.0266. The molecule has 0 aliphatic rings. The second kappa shape index (κ2) is 6.16. The largest absolute Gasteiger partial charge is 0.321 e. The molecule has 24 heavy (non-hydrogen) atoms. The first-order valence-electron chi connectivity index (χ1n) is 6.74. The van der Waals surface area contributed by atoms with Gasteiger partial charge in [0, 0.05) is 11.9 Å². The lowest BCUT2D eigenvalue weighted by Crippen LogP contribution is -2.15. The number of hydrogen-bond donors (Lipinski definition) is 1. The lowest BCUT2D eigenvalue weighted by molar-refractivity contribution is 0.102. The van der Waals surface area contributed by atoms with Gasteiger partial charge in [-0.1, -0.05) is 0 Å². The molecule has 1 amide bonds. The molecule has 0 saturated carbocycles. The van der Waals surface area contributed by atoms with Gasteiger partial charge >= 0.3 is 0 Å². The van der Waals surface area contributed by atoms with E-state index in [4.69, 9.17) is 0 Å². The Hall–Kier alpha value is -3.14. The van der Waals surface area contributed by atoms with Gasteiger partial charge in [0.25, 0.3) is 5.91 Å². The highest BCUT2D eigenvalue weighted by Gasteiger charge is 2.11. The zero-order valence-corrected chi connectivity index (χ0v) is 13.3. The van der Waals surface area contributed by atoms with Crippen LogP contribution >= 0.6 is 0 Å². The molecule has 0 aliphatic heterocycles. The molecule has 3 aromatic rings. The highest BCUT2D eigenvalue weighted by Crippen LogP contribution is 2.14. The van der Waals surface area contributed by atoms with Crippen molar-refractivity contribution in [2.24, 2.45) is 0 Å². The van der Waals surface area contributed by atoms with Crippen molar-refractivity contribution in [2.45, 2.75) is 4.90 Å². The summed E-state index contributed by atoms with van der Waals surface area (Å²) in [7, 11) is -3.27. The minimum atomic E-state index is -3.27. The fraction of sp³-hybridized carbons (Fsp3) is 0.0714. The Bertz CT molecular complexity index is 951. The van der Waals surface area contributed by atoms with Gasteiger partial charge in [-0.15, -0.1) is 10.2 Å². The van der Waals surface area contributed by atoms with Gasteiger partial charge in [-0.3, -0.25) is 4.79 Å². The predicted octanol–water partition coefficient (Wildman–Crippen LogP) is 0.713. The summed E-state index contributed by atoms with van der Waals surface area (Å²) in [6, 6.07) is 8.94. The van der Waals surface area contributed by atoms with Crippen molar-refractivity contribution in [2.75, 3.05) is 11.6 Å². The quantitative estimate of drug-likeness (QED) is 0.740. The number of benzene rings is 1. The van der Waals surface area contributed by atoms with Gasteiger partial charge < -0.3 is 5.32 Å². The minimum Gasteiger partial charge on any atom is -0.321 e. The molecule has 9 nitrogen and oxygen atoms in total. The molecule has 0 saturated heterocycles. The molecule has 0 atom stereocenters. The lowest BCUT2D eigenvalue weighted by Gasteiger charge is -2.06. The van der Waals surface area contributed by atoms with E-state index in [2.05, 4.69) is 25.6 Å². The van der Waals surface area contributed by atoms with Crippen molar-refractivity contribution in [1.29, 1.82) is 0 Å². The van der Waals surface area contributed by atoms with Crippen LogP contribution in [0.15, 0.2) is 53.9 Å². The zero-order chi connectivity index (χ0) is 17.2. The van der Waals surface area contributed by atoms with E-state index in [9.17, 15) is 13.2 Å². The fourth-order valence-corrected chi connectivity index (χ4v) is 2.51. The van der Waals surface area contributed by atoms with Gasteiger partial charge in [0.2, 0.25) is 0 Å². The van der Waals surface area contributed by atoms with E-state index in [0.717, 1.165) is 6.26 Å². The normalized spacial score (nSPS) is 11.2. The van der Waals surface area contributed by atoms with Crippen molar-refractivity contribution >= 4 is 21.4 Å². The average Bonchev–Trinajstić information content (AvgIpc) is 3.09. The Kier molecular flexibility index (Phi) is 4.04. The maximum absolute atomic E-state index is 12.1. The molecule has 122 valence electrons. The summed E-state index contributed by atoms with van der Waals surface area (Å²) in [5, 5.41) is 14.3. The number of aromatic nitrogens is 5. The zero-order valence-electron chi connectivity index (χ0n) is 12.5. The van der Waals surface area contributed by atoms with E-state index in [0.29, 0.717) is 11.5 Å². The van der Waals surface area contributed by atoms with Crippen LogP contribution in [0.4, 0.5) is 5.69 Å². The van der Waals surface area contributed by atoms with Crippen LogP contribution in [-0.4, -0.2) is 45.5 Å². The summed E-state index contributed by atoms with van der Waals surface area (Å²) in [4.78, 5) is 16.1. The molecule has 2 heterocycles. The lowest BCUT2D eigenvalue weighted by atomic mass is 10.3. The smallest absolute Gasteiger partial charge is 0.276 e. The van der Waals surface area contributed by atoms with Crippen LogP contribution in [0.25, 0.3) is 5.82 Å². The number of rotatable bonds is 4. The van der Waals surface area contributed by atoms with Crippen LogP contribution < -0.4 is 5.32 Å². The number of nitrogens with one attached hydrogen (secondary N) is 1. The molecule has 0 unspecified atom stereocenters. The van der Waals surface area contributed by atoms with Crippen LogP contribution in [0.1, 0.15) is 10.5 Å². The first-order chi connectivity index (χ1) is 11.4. The van der Waals surface area contributed by atoms with Gasteiger partial charge in [0.15, 0.2) is 21.3 Å². The van der Waals surface area contributed by atoms with Crippen molar-refractivity contribution in [3.8, 4) is 5.82 Å². The van der Waals surface area contributed by atoms with Crippen LogP contribution in [0.5, 0.6) is 0 Å². The molecule has 10 heteroatoms. The van der Waals surface area contributed by atoms with Gasteiger partial charge in [-0.2, -0.15) is 5.10 Å². The number of sulfone groups is 1. The maximum Gasteiger partial charge on any atom is 0.276 e. The van der Waals surface area contributed by atoms with Gasteiger partial charge in [-0.25, -0.2) is 18.1 Å². The first kappa shape index (κ1) is 15.7. The van der Waals surface area contributed by atoms with E-state index < -0.39 is 15.7 Å². The highest BCUT2D eigenvalue weighted by molar-refractivity contribution is 7.90. The van der Waals surface area contributed by atoms with Crippen LogP contribution in [0, 0.1) is 0 Å². The fourth-order valence-electron chi connectivity index (χ4n) is 1.88. The number of carbonyl (C=O) groups is 1. The van der Waals surface area contributed by atoms with Crippen molar-refractivity contribution < 1.29 is 13.2 Å². The molecule has 0 radical (unpaired) electrons. The molecule has 0 aliphatic carbocycles. The summed E-state index contributed by atoms with van der Waals surface area (Å²) in [6.45, 7) is 0. The maximum atomic E-state index is 12.1. The number of anilines is 1. The third-order valence-electron chi connectivity index (χ3n) is 3.08. The molecule has 0 bridgehead atoms. The minimum absolute atomic E-state index is 0.117. The molecule has 1 N–H and O–H groups in total. The van der Waals surface area contributed by atoms with Crippen molar-refractivity contribution in [3.63, 3.8) is 0 Å². The third-order valence-corrected chi connectivity index (χ3v) is 4.21. The Morgan fingerprint density at radius 2 is 1.83 bits per heavy atom. The second-order valence-electron chi connectivity index (χ2n) is 4.87. The van der Waals surface area contributed by atoms with E-state index >= 15 is 0 Å². The summed E-state index contributed by atoms with van der Waals surface area (Å²) in [5.41, 5.74) is 0.570. The standard InChI is InChI=1S/C14H12N6O3S/c1-24(22,23)11-4-2-10(3-5-11)17-14(21)12-6-7-13(19-18-12)20-9-15-8-16-20/h2-9H,1H3,(H,17,21). The molecule has 3 rings (SSSR count). The molecular formula is C14H12N6O3S. The van der Waals surface area contributed by atoms with Crippen molar-refractivity contribution in [3.05, 3.63) is 54.7 Å². The van der Waals surface area contributed by atoms with Gasteiger partial charge in [0.1, 0.15) is 12.7 Å². The number of amides is 1. The Labute approximate surface area is 137 Å². The third kappa shape index (κ3) is 3.43. The molecule has 0 fully saturated rings. The SMILES string of the molecule is CS(=O)(=O)c1ccc(NC(=O)c2ccc(-n3cncn3)nn2)cc1. The monoisotopic (exact) mass is 344 g/mol. The van der Waals surface area contributed by atoms with Crippen LogP contribution in [0.2, 0.25) is 0 Å². The first-order valence-corrected chi connectivity index (χ1v) is 8.63. The molecule has 2 aromatic heterocycles. The number of nitrogens with zero attached hydrogens (tertiary/aromatic N) is 5. The van der Waals surface area contributed by atoms with Crippen LogP contribution in [0.3, 0.4) is 0 Å². The van der Waals surface area contributed by atoms with E-state index in [1.807, 2.05) is 0 Å². The van der Waals surface area contributed by atoms with Gasteiger partial charge in [-0.05, 0) is 36.4 Å². The number of hydrogen-bond acceptors (Lipinski definition) is 7. The molecule has 1 aromatic carbocycles. The summed E-state index contributed by atoms with van der Waals surface area (Å²) in [6.07, 6.45) is 3.95. The molecular weight excluding hydrogens is 332 g/mol. The highest BCUT2D eigenvalue weighted by atomic mass is 32.2. The summed E-state index contributed by atoms with van der Waals surface area (Å²) >= 11 is 0. The number of carbonyl (C=O) groups excluding carboxylic acids is 1.